The number of rotatable bonds is 18. The van der Waals surface area contributed by atoms with Crippen molar-refractivity contribution in [1.82, 2.24) is 0 Å². The molecule has 0 unspecified atom stereocenters. The van der Waals surface area contributed by atoms with E-state index in [1.165, 1.54) is 13.8 Å². The molecule has 19 heteroatoms. The van der Waals surface area contributed by atoms with E-state index in [0.29, 0.717) is 0 Å². The zero-order valence-electron chi connectivity index (χ0n) is 28.3. The van der Waals surface area contributed by atoms with Gasteiger partial charge in [0.25, 0.3) is 0 Å². The van der Waals surface area contributed by atoms with Crippen LogP contribution < -0.4 is 0 Å². The van der Waals surface area contributed by atoms with E-state index in [9.17, 15) is 28.8 Å². The summed E-state index contributed by atoms with van der Waals surface area (Å²) in [5.41, 5.74) is -2.50. The molecule has 0 aliphatic rings. The summed E-state index contributed by atoms with van der Waals surface area (Å²) in [4.78, 5) is 61.3. The molecule has 0 aromatic carbocycles. The van der Waals surface area contributed by atoms with Crippen LogP contribution in [0.5, 0.6) is 0 Å². The average Bonchev–Trinajstić information content (AvgIpc) is 2.99. The summed E-state index contributed by atoms with van der Waals surface area (Å²) < 4.78 is 9.45. The van der Waals surface area contributed by atoms with Gasteiger partial charge in [-0.05, 0) is 13.8 Å². The molecule has 0 fully saturated rings. The Morgan fingerprint density at radius 1 is 0.532 bits per heavy atom. The van der Waals surface area contributed by atoms with Gasteiger partial charge in [-0.25, -0.2) is 19.2 Å². The van der Waals surface area contributed by atoms with E-state index in [4.69, 9.17) is 60.5 Å². The van der Waals surface area contributed by atoms with Gasteiger partial charge in [-0.15, -0.1) is 0 Å². The van der Waals surface area contributed by atoms with Crippen LogP contribution in [0, 0.1) is 10.8 Å². The summed E-state index contributed by atoms with van der Waals surface area (Å²) in [6, 6.07) is 0. The number of aliphatic hydroxyl groups is 6. The molecule has 0 rings (SSSR count). The molecular formula is C28H46MgO18. The molecule has 0 amide bonds. The number of carbonyl (C=O) groups is 6. The SMILES string of the molecule is C=C(C)C(=O)OCC(CO)(CO)CO.C=C(C)C(=O)OCC(CO)(CO)CO.C=C(CC(=O)O)C(=O)O.C=C(CC(=O)O)C(=O)O.[H-].[H-].[Mg+2]. The van der Waals surface area contributed by atoms with Gasteiger partial charge in [0.1, 0.15) is 13.2 Å². The van der Waals surface area contributed by atoms with E-state index in [1.54, 1.807) is 0 Å². The Kier molecular flexibility index (Phi) is 32.1. The predicted molar refractivity (Wildman–Crippen MR) is 165 cm³/mol. The minimum atomic E-state index is -1.27. The third kappa shape index (κ3) is 27.2. The van der Waals surface area contributed by atoms with Crippen molar-refractivity contribution in [1.29, 1.82) is 0 Å². The molecule has 47 heavy (non-hydrogen) atoms. The van der Waals surface area contributed by atoms with E-state index >= 15 is 0 Å². The van der Waals surface area contributed by atoms with Crippen molar-refractivity contribution in [3.05, 3.63) is 48.6 Å². The van der Waals surface area contributed by atoms with Crippen molar-refractivity contribution in [2.45, 2.75) is 26.7 Å². The average molecular weight is 695 g/mol. The van der Waals surface area contributed by atoms with Crippen LogP contribution >= 0.6 is 0 Å². The first kappa shape index (κ1) is 52.8. The fourth-order valence-corrected chi connectivity index (χ4v) is 1.77. The maximum atomic E-state index is 11.0. The molecule has 0 aromatic rings. The Balaban J connectivity index is -0.0000000960. The number of carboxylic acids is 4. The number of carbonyl (C=O) groups excluding carboxylic acids is 2. The van der Waals surface area contributed by atoms with Crippen molar-refractivity contribution < 1.29 is 92.2 Å². The van der Waals surface area contributed by atoms with E-state index in [-0.39, 0.29) is 61.4 Å². The van der Waals surface area contributed by atoms with Gasteiger partial charge in [0.05, 0.1) is 63.3 Å². The van der Waals surface area contributed by atoms with Crippen LogP contribution in [0.4, 0.5) is 0 Å². The number of ether oxygens (including phenoxy) is 2. The van der Waals surface area contributed by atoms with E-state index < -0.39 is 99.1 Å². The normalized spacial score (nSPS) is 9.87. The van der Waals surface area contributed by atoms with Crippen molar-refractivity contribution >= 4 is 58.9 Å². The fourth-order valence-electron chi connectivity index (χ4n) is 1.77. The molecule has 0 aliphatic carbocycles. The fraction of sp³-hybridized carbons (Fsp3) is 0.500. The second-order valence-corrected chi connectivity index (χ2v) is 9.62. The third-order valence-corrected chi connectivity index (χ3v) is 5.06. The van der Waals surface area contributed by atoms with Gasteiger partial charge in [-0.3, -0.25) is 9.59 Å². The Bertz CT molecular complexity index is 985. The first-order valence-corrected chi connectivity index (χ1v) is 12.7. The second kappa shape index (κ2) is 28.5. The molecule has 0 aromatic heterocycles. The maximum absolute atomic E-state index is 11.0. The summed E-state index contributed by atoms with van der Waals surface area (Å²) in [5.74, 6) is -6.10. The molecule has 0 bridgehead atoms. The Morgan fingerprint density at radius 3 is 0.851 bits per heavy atom. The number of carboxylic acid groups (broad SMARTS) is 4. The molecule has 0 radical (unpaired) electrons. The van der Waals surface area contributed by atoms with Crippen LogP contribution in [0.3, 0.4) is 0 Å². The first-order valence-electron chi connectivity index (χ1n) is 12.7. The molecule has 18 nitrogen and oxygen atoms in total. The molecule has 0 aliphatic heterocycles. The zero-order valence-corrected chi connectivity index (χ0v) is 27.8. The van der Waals surface area contributed by atoms with Crippen LogP contribution in [-0.4, -0.2) is 163 Å². The van der Waals surface area contributed by atoms with Crippen LogP contribution in [0.1, 0.15) is 29.5 Å². The summed E-state index contributed by atoms with van der Waals surface area (Å²) in [6.07, 6.45) is -1.01. The summed E-state index contributed by atoms with van der Waals surface area (Å²) in [5, 5.41) is 85.5. The quantitative estimate of drug-likeness (QED) is 0.0429. The number of aliphatic carboxylic acids is 4. The Labute approximate surface area is 289 Å². The third-order valence-electron chi connectivity index (χ3n) is 5.06. The summed E-state index contributed by atoms with van der Waals surface area (Å²) in [7, 11) is 0. The van der Waals surface area contributed by atoms with Crippen molar-refractivity contribution in [3.8, 4) is 0 Å². The minimum Gasteiger partial charge on any atom is -1.00 e. The van der Waals surface area contributed by atoms with Crippen LogP contribution in [0.2, 0.25) is 0 Å². The van der Waals surface area contributed by atoms with Gasteiger partial charge in [0.2, 0.25) is 0 Å². The molecule has 268 valence electrons. The molecular weight excluding hydrogens is 649 g/mol. The Morgan fingerprint density at radius 2 is 0.745 bits per heavy atom. The first-order chi connectivity index (χ1) is 21.1. The molecule has 10 N–H and O–H groups in total. The van der Waals surface area contributed by atoms with Crippen molar-refractivity contribution in [2.24, 2.45) is 10.8 Å². The van der Waals surface area contributed by atoms with Crippen molar-refractivity contribution in [3.63, 3.8) is 0 Å². The molecule has 0 saturated carbocycles. The predicted octanol–water partition coefficient (Wildman–Crippen LogP) is -1.81. The van der Waals surface area contributed by atoms with Gasteiger partial charge in [0, 0.05) is 22.3 Å². The van der Waals surface area contributed by atoms with E-state index in [2.05, 4.69) is 26.3 Å². The summed E-state index contributed by atoms with van der Waals surface area (Å²) >= 11 is 0. The molecule has 0 saturated heterocycles. The van der Waals surface area contributed by atoms with E-state index in [1.807, 2.05) is 0 Å². The standard InChI is InChI=1S/2C9H16O5.2C5H6O4.Mg.2H/c2*1-7(2)8(13)14-6-9(3-10,4-11)5-12;2*1-3(5(8)9)2-4(6)7;;;/h2*10-12H,1,3-6H2,2H3;2*1-2H2,(H,6,7)(H,8,9);;;/q;;;;+2;2*-1. The van der Waals surface area contributed by atoms with Crippen molar-refractivity contribution in [2.75, 3.05) is 52.9 Å². The maximum Gasteiger partial charge on any atom is 2.00 e. The van der Waals surface area contributed by atoms with Gasteiger partial charge in [0.15, 0.2) is 0 Å². The Hall–Kier alpha value is -3.69. The van der Waals surface area contributed by atoms with Crippen LogP contribution in [0.25, 0.3) is 0 Å². The molecule has 0 spiro atoms. The molecule has 0 atom stereocenters. The largest absolute Gasteiger partial charge is 2.00 e. The number of aliphatic hydroxyl groups excluding tert-OH is 6. The van der Waals surface area contributed by atoms with E-state index in [0.717, 1.165) is 0 Å². The number of hydrogen-bond donors (Lipinski definition) is 10. The van der Waals surface area contributed by atoms with Gasteiger partial charge < -0.3 is 63.4 Å². The summed E-state index contributed by atoms with van der Waals surface area (Å²) in [6.45, 7) is 12.5. The smallest absolute Gasteiger partial charge is 1.00 e. The van der Waals surface area contributed by atoms with Crippen LogP contribution in [0.15, 0.2) is 48.6 Å². The zero-order chi connectivity index (χ0) is 37.3. The number of esters is 2. The second-order valence-electron chi connectivity index (χ2n) is 9.62. The number of hydrogen-bond acceptors (Lipinski definition) is 14. The van der Waals surface area contributed by atoms with Gasteiger partial charge >= 0.3 is 58.9 Å². The monoisotopic (exact) mass is 694 g/mol. The minimum absolute atomic E-state index is 0. The topological polar surface area (TPSA) is 323 Å². The van der Waals surface area contributed by atoms with Gasteiger partial charge in [-0.2, -0.15) is 0 Å². The molecule has 0 heterocycles. The van der Waals surface area contributed by atoms with Gasteiger partial charge in [-0.1, -0.05) is 26.3 Å². The van der Waals surface area contributed by atoms with Crippen LogP contribution in [-0.2, 0) is 38.2 Å².